The van der Waals surface area contributed by atoms with Crippen LogP contribution in [-0.2, 0) is 23.7 Å². The van der Waals surface area contributed by atoms with Crippen LogP contribution in [0.5, 0.6) is 0 Å². The number of carbonyl (C=O) groups is 1. The van der Waals surface area contributed by atoms with E-state index in [4.69, 9.17) is 18.9 Å². The van der Waals surface area contributed by atoms with Crippen LogP contribution in [0.25, 0.3) is 0 Å². The fraction of sp³-hybridized carbons (Fsp3) is 0.800. The zero-order chi connectivity index (χ0) is 57.4. The number of amides is 1. The standard InChI is InChI=1S/C65H115NO13/c1-3-5-7-9-11-13-15-17-19-21-22-23-24-25-26-27-28-29-30-31-33-34-36-38-40-42-44-46-48-54(69)53(66-57(70)49-47-45-43-41-39-37-35-32-20-18-16-14-12-10-8-6-4-2)52-76-64-62(75)60(73)63(56(51-68)78-64)79-65-61(74)59(72)58(71)55(50-67)77-65/h6,8,12,14,18,20,35,37-38,40,46,48,53-56,58-65,67-69,71-75H,3-5,7,9-11,13,15-17,19,21-34,36,39,41-45,47,49-52H2,1-2H3,(H,66,70)/b8-6-,14-12-,20-18-,37-35-,40-38+,48-46+. The molecule has 458 valence electrons. The van der Waals surface area contributed by atoms with Crippen molar-refractivity contribution in [1.82, 2.24) is 5.32 Å². The van der Waals surface area contributed by atoms with Crippen molar-refractivity contribution in [3.05, 3.63) is 72.9 Å². The van der Waals surface area contributed by atoms with E-state index in [1.807, 2.05) is 6.08 Å². The molecule has 9 N–H and O–H groups in total. The number of nitrogens with one attached hydrogen (secondary N) is 1. The number of unbranched alkanes of at least 4 members (excludes halogenated alkanes) is 27. The molecule has 2 fully saturated rings. The van der Waals surface area contributed by atoms with Crippen LogP contribution in [0.4, 0.5) is 0 Å². The highest BCUT2D eigenvalue weighted by atomic mass is 16.7. The van der Waals surface area contributed by atoms with Crippen molar-refractivity contribution in [3.63, 3.8) is 0 Å². The smallest absolute Gasteiger partial charge is 0.220 e. The molecule has 0 aromatic heterocycles. The maximum Gasteiger partial charge on any atom is 0.220 e. The third-order valence-electron chi connectivity index (χ3n) is 15.1. The molecule has 0 radical (unpaired) electrons. The quantitative estimate of drug-likeness (QED) is 0.0204. The lowest BCUT2D eigenvalue weighted by Crippen LogP contribution is -2.65. The average Bonchev–Trinajstić information content (AvgIpc) is 3.47. The van der Waals surface area contributed by atoms with Gasteiger partial charge in [-0.05, 0) is 70.6 Å². The van der Waals surface area contributed by atoms with Gasteiger partial charge in [-0.3, -0.25) is 4.79 Å². The number of hydrogen-bond acceptors (Lipinski definition) is 13. The summed E-state index contributed by atoms with van der Waals surface area (Å²) in [6.45, 7) is 2.66. The summed E-state index contributed by atoms with van der Waals surface area (Å²) in [5, 5.41) is 87.1. The molecule has 12 atom stereocenters. The third kappa shape index (κ3) is 35.2. The summed E-state index contributed by atoms with van der Waals surface area (Å²) in [6.07, 6.45) is 49.6. The van der Waals surface area contributed by atoms with E-state index in [2.05, 4.69) is 79.9 Å². The van der Waals surface area contributed by atoms with Crippen molar-refractivity contribution in [1.29, 1.82) is 0 Å². The van der Waals surface area contributed by atoms with Crippen LogP contribution in [0.2, 0.25) is 0 Å². The number of hydrogen-bond donors (Lipinski definition) is 9. The van der Waals surface area contributed by atoms with Gasteiger partial charge in [-0.25, -0.2) is 0 Å². The van der Waals surface area contributed by atoms with Crippen molar-refractivity contribution in [3.8, 4) is 0 Å². The molecule has 1 amide bonds. The van der Waals surface area contributed by atoms with E-state index in [0.29, 0.717) is 12.8 Å². The van der Waals surface area contributed by atoms with E-state index < -0.39 is 86.8 Å². The Labute approximate surface area is 478 Å². The van der Waals surface area contributed by atoms with Gasteiger partial charge in [0, 0.05) is 6.42 Å². The lowest BCUT2D eigenvalue weighted by molar-refractivity contribution is -0.359. The zero-order valence-corrected chi connectivity index (χ0v) is 49.3. The minimum absolute atomic E-state index is 0.242. The Morgan fingerprint density at radius 1 is 0.468 bits per heavy atom. The number of ether oxygens (including phenoxy) is 4. The van der Waals surface area contributed by atoms with Gasteiger partial charge in [-0.2, -0.15) is 0 Å². The second-order valence-electron chi connectivity index (χ2n) is 22.1. The van der Waals surface area contributed by atoms with Crippen LogP contribution in [0, 0.1) is 0 Å². The maximum atomic E-state index is 13.2. The SMILES string of the molecule is CC/C=C\C/C=C\C/C=C\C/C=C\CCCCCCC(=O)NC(COC1OC(CO)C(OC2OC(CO)C(O)C(O)C2O)C(O)C1O)C(O)/C=C/CC/C=C/CCCCCCCCCCCCCCCCCCCCCCCC. The minimum atomic E-state index is -1.80. The third-order valence-corrected chi connectivity index (χ3v) is 15.1. The summed E-state index contributed by atoms with van der Waals surface area (Å²) >= 11 is 0. The van der Waals surface area contributed by atoms with E-state index in [1.165, 1.54) is 141 Å². The van der Waals surface area contributed by atoms with Crippen LogP contribution >= 0.6 is 0 Å². The molecule has 79 heavy (non-hydrogen) atoms. The van der Waals surface area contributed by atoms with Crippen molar-refractivity contribution in [2.24, 2.45) is 0 Å². The van der Waals surface area contributed by atoms with Gasteiger partial charge in [0.15, 0.2) is 12.6 Å². The molecule has 2 heterocycles. The van der Waals surface area contributed by atoms with Crippen LogP contribution in [0.3, 0.4) is 0 Å². The summed E-state index contributed by atoms with van der Waals surface area (Å²) in [5.74, 6) is -0.273. The summed E-state index contributed by atoms with van der Waals surface area (Å²) in [6, 6.07) is -0.949. The number of carbonyl (C=O) groups excluding carboxylic acids is 1. The van der Waals surface area contributed by atoms with Gasteiger partial charge >= 0.3 is 0 Å². The van der Waals surface area contributed by atoms with Crippen molar-refractivity contribution in [2.75, 3.05) is 19.8 Å². The van der Waals surface area contributed by atoms with Crippen LogP contribution in [0.1, 0.15) is 239 Å². The number of aliphatic hydroxyl groups excluding tert-OH is 8. The molecule has 0 saturated carbocycles. The number of allylic oxidation sites excluding steroid dienone is 11. The summed E-state index contributed by atoms with van der Waals surface area (Å²) < 4.78 is 22.8. The first-order valence-electron chi connectivity index (χ1n) is 31.7. The van der Waals surface area contributed by atoms with Gasteiger partial charge in [-0.1, -0.05) is 234 Å². The number of rotatable bonds is 50. The molecule has 2 saturated heterocycles. The Morgan fingerprint density at radius 2 is 0.886 bits per heavy atom. The molecule has 2 rings (SSSR count). The Bertz CT molecular complexity index is 1600. The van der Waals surface area contributed by atoms with E-state index >= 15 is 0 Å². The first-order valence-corrected chi connectivity index (χ1v) is 31.7. The van der Waals surface area contributed by atoms with Crippen molar-refractivity contribution in [2.45, 2.75) is 312 Å². The summed E-state index contributed by atoms with van der Waals surface area (Å²) in [4.78, 5) is 13.2. The molecule has 2 aliphatic rings. The molecular weight excluding hydrogens is 1000 g/mol. The second-order valence-corrected chi connectivity index (χ2v) is 22.1. The van der Waals surface area contributed by atoms with E-state index in [9.17, 15) is 45.6 Å². The molecule has 14 heteroatoms. The topological polar surface area (TPSA) is 228 Å². The molecule has 14 nitrogen and oxygen atoms in total. The van der Waals surface area contributed by atoms with Crippen LogP contribution in [-0.4, -0.2) is 140 Å². The van der Waals surface area contributed by atoms with Gasteiger partial charge in [0.05, 0.1) is 32.0 Å². The Hall–Kier alpha value is -2.57. The molecule has 2 aliphatic heterocycles. The summed E-state index contributed by atoms with van der Waals surface area (Å²) in [5.41, 5.74) is 0. The van der Waals surface area contributed by atoms with Gasteiger partial charge in [0.1, 0.15) is 48.8 Å². The normalized spacial score (nSPS) is 24.9. The largest absolute Gasteiger partial charge is 0.394 e. The van der Waals surface area contributed by atoms with Gasteiger partial charge in [0.2, 0.25) is 5.91 Å². The molecule has 0 bridgehead atoms. The van der Waals surface area contributed by atoms with E-state index in [-0.39, 0.29) is 18.9 Å². The Kier molecular flexibility index (Phi) is 45.9. The lowest BCUT2D eigenvalue weighted by Gasteiger charge is -2.46. The number of aliphatic hydroxyl groups is 8. The van der Waals surface area contributed by atoms with Crippen molar-refractivity contribution < 1.29 is 64.6 Å². The highest BCUT2D eigenvalue weighted by Crippen LogP contribution is 2.30. The first kappa shape index (κ1) is 72.5. The monoisotopic (exact) mass is 1120 g/mol. The van der Waals surface area contributed by atoms with Crippen LogP contribution in [0.15, 0.2) is 72.9 Å². The lowest BCUT2D eigenvalue weighted by atomic mass is 9.97. The van der Waals surface area contributed by atoms with Gasteiger partial charge in [-0.15, -0.1) is 0 Å². The molecule has 0 spiro atoms. The molecule has 0 aromatic carbocycles. The fourth-order valence-electron chi connectivity index (χ4n) is 10.1. The van der Waals surface area contributed by atoms with E-state index in [0.717, 1.165) is 64.2 Å². The highest BCUT2D eigenvalue weighted by molar-refractivity contribution is 5.76. The second kappa shape index (κ2) is 50.0. The maximum absolute atomic E-state index is 13.2. The minimum Gasteiger partial charge on any atom is -0.394 e. The van der Waals surface area contributed by atoms with E-state index in [1.54, 1.807) is 6.08 Å². The highest BCUT2D eigenvalue weighted by Gasteiger charge is 2.51. The Balaban J connectivity index is 1.74. The Morgan fingerprint density at radius 3 is 1.39 bits per heavy atom. The predicted octanol–water partition coefficient (Wildman–Crippen LogP) is 11.5. The average molecular weight is 1120 g/mol. The molecule has 0 aliphatic carbocycles. The molecule has 12 unspecified atom stereocenters. The van der Waals surface area contributed by atoms with Crippen LogP contribution < -0.4 is 5.32 Å². The first-order chi connectivity index (χ1) is 38.6. The zero-order valence-electron chi connectivity index (χ0n) is 49.3. The molecular formula is C65H115NO13. The summed E-state index contributed by atoms with van der Waals surface area (Å²) in [7, 11) is 0. The van der Waals surface area contributed by atoms with Gasteiger partial charge < -0.3 is 65.1 Å². The predicted molar refractivity (Wildman–Crippen MR) is 318 cm³/mol. The fourth-order valence-corrected chi connectivity index (χ4v) is 10.1. The molecule has 0 aromatic rings. The van der Waals surface area contributed by atoms with Crippen molar-refractivity contribution >= 4 is 5.91 Å². The van der Waals surface area contributed by atoms with Gasteiger partial charge in [0.25, 0.3) is 0 Å².